The van der Waals surface area contributed by atoms with Crippen molar-refractivity contribution in [2.24, 2.45) is 21.7 Å². The van der Waals surface area contributed by atoms with Crippen LogP contribution in [0.5, 0.6) is 0 Å². The first-order valence-electron chi connectivity index (χ1n) is 12.0. The minimum absolute atomic E-state index is 0.0175. The molecular weight excluding hydrogens is 465 g/mol. The summed E-state index contributed by atoms with van der Waals surface area (Å²) in [4.78, 5) is 17.9. The van der Waals surface area contributed by atoms with E-state index in [1.54, 1.807) is 10.7 Å². The Morgan fingerprint density at radius 1 is 1.31 bits per heavy atom. The van der Waals surface area contributed by atoms with Gasteiger partial charge in [-0.1, -0.05) is 25.9 Å². The Bertz CT molecular complexity index is 1150. The molecule has 10 nitrogen and oxygen atoms in total. The fourth-order valence-electron chi connectivity index (χ4n) is 4.90. The SMILES string of the molecule is Cc1cc(Nc2nc(CC3(C(N)=NO)CCN(C(=O)O)C(C(C)(C)C)C3)ccc2F)n(C(C)(C)C)n1. The van der Waals surface area contributed by atoms with Gasteiger partial charge in [-0.05, 0) is 58.1 Å². The quantitative estimate of drug-likeness (QED) is 0.201. The molecule has 2 unspecified atom stereocenters. The molecule has 1 fully saturated rings. The van der Waals surface area contributed by atoms with Crippen molar-refractivity contribution in [1.82, 2.24) is 19.7 Å². The molecule has 0 spiro atoms. The zero-order valence-corrected chi connectivity index (χ0v) is 22.1. The van der Waals surface area contributed by atoms with Crippen LogP contribution in [0, 0.1) is 23.6 Å². The Labute approximate surface area is 211 Å². The molecule has 1 amide bonds. The zero-order chi connectivity index (χ0) is 27.1. The second-order valence-electron chi connectivity index (χ2n) is 11.8. The van der Waals surface area contributed by atoms with Crippen LogP contribution in [-0.2, 0) is 12.0 Å². The van der Waals surface area contributed by atoms with Crippen molar-refractivity contribution in [2.75, 3.05) is 11.9 Å². The number of aryl methyl sites for hydroxylation is 1. The van der Waals surface area contributed by atoms with Gasteiger partial charge in [0, 0.05) is 36.2 Å². The van der Waals surface area contributed by atoms with Crippen LogP contribution in [0.1, 0.15) is 65.8 Å². The van der Waals surface area contributed by atoms with Crippen molar-refractivity contribution in [3.63, 3.8) is 0 Å². The Morgan fingerprint density at radius 3 is 2.53 bits per heavy atom. The number of aromatic nitrogens is 3. The van der Waals surface area contributed by atoms with E-state index in [0.29, 0.717) is 24.4 Å². The molecule has 3 heterocycles. The van der Waals surface area contributed by atoms with Gasteiger partial charge >= 0.3 is 6.09 Å². The van der Waals surface area contributed by atoms with Crippen LogP contribution in [0.25, 0.3) is 0 Å². The van der Waals surface area contributed by atoms with E-state index < -0.39 is 17.3 Å². The van der Waals surface area contributed by atoms with E-state index in [1.807, 2.05) is 54.5 Å². The van der Waals surface area contributed by atoms with Gasteiger partial charge in [0.25, 0.3) is 0 Å². The molecule has 2 atom stereocenters. The molecule has 198 valence electrons. The predicted octanol–water partition coefficient (Wildman–Crippen LogP) is 4.69. The highest BCUT2D eigenvalue weighted by atomic mass is 19.1. The van der Waals surface area contributed by atoms with Crippen molar-refractivity contribution in [1.29, 1.82) is 0 Å². The first-order valence-corrected chi connectivity index (χ1v) is 12.0. The summed E-state index contributed by atoms with van der Waals surface area (Å²) in [6.07, 6.45) is -0.0499. The molecule has 1 aliphatic heterocycles. The zero-order valence-electron chi connectivity index (χ0n) is 22.1. The number of halogens is 1. The number of pyridine rings is 1. The topological polar surface area (TPSA) is 142 Å². The van der Waals surface area contributed by atoms with Crippen molar-refractivity contribution < 1.29 is 19.5 Å². The van der Waals surface area contributed by atoms with Gasteiger partial charge in [0.15, 0.2) is 11.6 Å². The predicted molar refractivity (Wildman–Crippen MR) is 136 cm³/mol. The highest BCUT2D eigenvalue weighted by molar-refractivity contribution is 5.86. The number of anilines is 2. The molecule has 0 aliphatic carbocycles. The second kappa shape index (κ2) is 9.59. The summed E-state index contributed by atoms with van der Waals surface area (Å²) >= 11 is 0. The van der Waals surface area contributed by atoms with E-state index in [9.17, 15) is 19.5 Å². The molecule has 0 bridgehead atoms. The van der Waals surface area contributed by atoms with Crippen molar-refractivity contribution in [3.8, 4) is 0 Å². The number of amides is 1. The summed E-state index contributed by atoms with van der Waals surface area (Å²) in [5.74, 6) is 0.146. The first kappa shape index (κ1) is 27.2. The minimum Gasteiger partial charge on any atom is -0.465 e. The fraction of sp³-hybridized carbons (Fsp3) is 0.600. The van der Waals surface area contributed by atoms with Crippen molar-refractivity contribution >= 4 is 23.6 Å². The number of likely N-dealkylation sites (tertiary alicyclic amines) is 1. The molecule has 11 heteroatoms. The summed E-state index contributed by atoms with van der Waals surface area (Å²) in [6, 6.07) is 4.37. The summed E-state index contributed by atoms with van der Waals surface area (Å²) in [6.45, 7) is 14.0. The van der Waals surface area contributed by atoms with Crippen molar-refractivity contribution in [2.45, 2.75) is 79.3 Å². The number of nitrogens with two attached hydrogens (primary N) is 1. The molecule has 0 radical (unpaired) electrons. The van der Waals surface area contributed by atoms with Crippen molar-refractivity contribution in [3.05, 3.63) is 35.4 Å². The van der Waals surface area contributed by atoms with Crippen LogP contribution in [0.4, 0.5) is 20.8 Å². The normalized spacial score (nSPS) is 21.5. The molecule has 2 aromatic heterocycles. The number of nitrogens with one attached hydrogen (secondary N) is 1. The Balaban J connectivity index is 1.98. The number of carbonyl (C=O) groups is 1. The van der Waals surface area contributed by atoms with Crippen LogP contribution in [0.2, 0.25) is 0 Å². The third-order valence-corrected chi connectivity index (χ3v) is 6.82. The van der Waals surface area contributed by atoms with E-state index >= 15 is 0 Å². The number of rotatable bonds is 5. The van der Waals surface area contributed by atoms with Gasteiger partial charge in [0.05, 0.1) is 11.2 Å². The molecule has 0 aromatic carbocycles. The van der Waals surface area contributed by atoms with Gasteiger partial charge in [-0.15, -0.1) is 0 Å². The Hall–Kier alpha value is -3.37. The van der Waals surface area contributed by atoms with E-state index in [-0.39, 0.29) is 41.6 Å². The monoisotopic (exact) mass is 503 g/mol. The van der Waals surface area contributed by atoms with Gasteiger partial charge in [0.1, 0.15) is 11.7 Å². The molecule has 0 saturated carbocycles. The maximum absolute atomic E-state index is 14.8. The largest absolute Gasteiger partial charge is 0.465 e. The van der Waals surface area contributed by atoms with Crippen LogP contribution >= 0.6 is 0 Å². The number of nitrogens with zero attached hydrogens (tertiary/aromatic N) is 5. The van der Waals surface area contributed by atoms with E-state index in [4.69, 9.17) is 5.73 Å². The smallest absolute Gasteiger partial charge is 0.407 e. The molecular formula is C25H38FN7O3. The Morgan fingerprint density at radius 2 is 1.97 bits per heavy atom. The number of hydrogen-bond acceptors (Lipinski definition) is 6. The lowest BCUT2D eigenvalue weighted by atomic mass is 9.66. The van der Waals surface area contributed by atoms with E-state index in [0.717, 1.165) is 5.69 Å². The second-order valence-corrected chi connectivity index (χ2v) is 11.8. The molecule has 3 rings (SSSR count). The maximum Gasteiger partial charge on any atom is 0.407 e. The lowest BCUT2D eigenvalue weighted by Crippen LogP contribution is -2.58. The van der Waals surface area contributed by atoms with Gasteiger partial charge in [0.2, 0.25) is 0 Å². The van der Waals surface area contributed by atoms with Gasteiger partial charge in [-0.2, -0.15) is 5.10 Å². The lowest BCUT2D eigenvalue weighted by Gasteiger charge is -2.49. The van der Waals surface area contributed by atoms with Gasteiger partial charge in [-0.25, -0.2) is 18.9 Å². The van der Waals surface area contributed by atoms with Crippen LogP contribution in [0.15, 0.2) is 23.4 Å². The summed E-state index contributed by atoms with van der Waals surface area (Å²) in [5, 5.41) is 30.3. The minimum atomic E-state index is -1.000. The number of hydrogen-bond donors (Lipinski definition) is 4. The first-order chi connectivity index (χ1) is 16.6. The molecule has 5 N–H and O–H groups in total. The average Bonchev–Trinajstić information content (AvgIpc) is 3.15. The molecule has 2 aromatic rings. The summed E-state index contributed by atoms with van der Waals surface area (Å²) < 4.78 is 16.6. The van der Waals surface area contributed by atoms with Crippen LogP contribution in [-0.4, -0.2) is 54.5 Å². The average molecular weight is 504 g/mol. The number of amidine groups is 1. The van der Waals surface area contributed by atoms with Crippen LogP contribution < -0.4 is 11.1 Å². The van der Waals surface area contributed by atoms with E-state index in [2.05, 4.69) is 20.6 Å². The molecule has 1 aliphatic rings. The van der Waals surface area contributed by atoms with Gasteiger partial charge < -0.3 is 26.3 Å². The molecule has 36 heavy (non-hydrogen) atoms. The number of piperidine rings is 1. The fourth-order valence-corrected chi connectivity index (χ4v) is 4.90. The summed E-state index contributed by atoms with van der Waals surface area (Å²) in [5.41, 5.74) is 5.99. The highest BCUT2D eigenvalue weighted by Crippen LogP contribution is 2.43. The molecule has 1 saturated heterocycles. The van der Waals surface area contributed by atoms with Gasteiger partial charge in [-0.3, -0.25) is 0 Å². The third-order valence-electron chi connectivity index (χ3n) is 6.82. The van der Waals surface area contributed by atoms with Crippen LogP contribution in [0.3, 0.4) is 0 Å². The summed E-state index contributed by atoms with van der Waals surface area (Å²) in [7, 11) is 0. The third kappa shape index (κ3) is 5.55. The highest BCUT2D eigenvalue weighted by Gasteiger charge is 2.48. The number of oxime groups is 1. The standard InChI is InChI=1S/C25H38FN7O3/c1-15-12-19(33(30-15)24(5,6)7)29-20-17(26)9-8-16(28-20)13-25(21(27)31-36)10-11-32(22(34)35)18(14-25)23(2,3)4/h8-9,12,18,36H,10-11,13-14H2,1-7H3,(H2,27,31)(H,28,29)(H,34,35). The lowest BCUT2D eigenvalue weighted by molar-refractivity contribution is 0.0249. The Kier molecular flexibility index (Phi) is 7.25. The maximum atomic E-state index is 14.8. The van der Waals surface area contributed by atoms with E-state index in [1.165, 1.54) is 11.0 Å². The number of carboxylic acid groups (broad SMARTS) is 1.